The molecule has 0 aliphatic carbocycles. The highest BCUT2D eigenvalue weighted by Crippen LogP contribution is 2.03. The molecule has 1 amide bonds. The van der Waals surface area contributed by atoms with E-state index in [1.54, 1.807) is 13.8 Å². The van der Waals surface area contributed by atoms with Gasteiger partial charge in [0, 0.05) is 0 Å². The normalized spacial score (nSPS) is 13.9. The van der Waals surface area contributed by atoms with Crippen LogP contribution in [0.15, 0.2) is 30.3 Å². The maximum atomic E-state index is 11.6. The third kappa shape index (κ3) is 5.27. The lowest BCUT2D eigenvalue weighted by Gasteiger charge is -2.16. The van der Waals surface area contributed by atoms with E-state index in [0.717, 1.165) is 5.56 Å². The fourth-order valence-electron chi connectivity index (χ4n) is 1.23. The molecule has 5 nitrogen and oxygen atoms in total. The van der Waals surface area contributed by atoms with Crippen LogP contribution in [0.4, 0.5) is 0 Å². The van der Waals surface area contributed by atoms with Crippen LogP contribution in [0.1, 0.15) is 25.8 Å². The molecule has 2 atom stereocenters. The van der Waals surface area contributed by atoms with E-state index >= 15 is 0 Å². The molecule has 3 N–H and O–H groups in total. The molecule has 0 saturated heterocycles. The van der Waals surface area contributed by atoms with Gasteiger partial charge in [-0.05, 0) is 18.9 Å². The minimum Gasteiger partial charge on any atom is -0.377 e. The molecule has 0 fully saturated rings. The van der Waals surface area contributed by atoms with Crippen LogP contribution in [-0.2, 0) is 16.1 Å². The SMILES string of the molecule is CCC(O)NNC(=O)[C@H](C)OCc1ccccc1. The van der Waals surface area contributed by atoms with E-state index in [4.69, 9.17) is 4.74 Å². The maximum Gasteiger partial charge on any atom is 0.262 e. The fourth-order valence-corrected chi connectivity index (χ4v) is 1.23. The number of nitrogens with one attached hydrogen (secondary N) is 2. The number of carbonyl (C=O) groups excluding carboxylic acids is 1. The van der Waals surface area contributed by atoms with Gasteiger partial charge in [0.2, 0.25) is 0 Å². The lowest BCUT2D eigenvalue weighted by molar-refractivity contribution is -0.134. The summed E-state index contributed by atoms with van der Waals surface area (Å²) in [6, 6.07) is 9.63. The van der Waals surface area contributed by atoms with Gasteiger partial charge in [-0.15, -0.1) is 0 Å². The van der Waals surface area contributed by atoms with Crippen molar-refractivity contribution in [1.29, 1.82) is 0 Å². The first kappa shape index (κ1) is 14.6. The molecule has 0 heterocycles. The van der Waals surface area contributed by atoms with Crippen LogP contribution >= 0.6 is 0 Å². The van der Waals surface area contributed by atoms with Crippen LogP contribution in [0.5, 0.6) is 0 Å². The zero-order valence-corrected chi connectivity index (χ0v) is 10.7. The molecule has 0 aliphatic rings. The summed E-state index contributed by atoms with van der Waals surface area (Å²) in [7, 11) is 0. The van der Waals surface area contributed by atoms with Crippen molar-refractivity contribution in [3.63, 3.8) is 0 Å². The summed E-state index contributed by atoms with van der Waals surface area (Å²) in [5.74, 6) is -0.307. The molecular formula is C13H20N2O3. The zero-order valence-electron chi connectivity index (χ0n) is 10.7. The fraction of sp³-hybridized carbons (Fsp3) is 0.462. The summed E-state index contributed by atoms with van der Waals surface area (Å²) in [6.45, 7) is 3.85. The Bertz CT molecular complexity index is 357. The largest absolute Gasteiger partial charge is 0.377 e. The zero-order chi connectivity index (χ0) is 13.4. The summed E-state index contributed by atoms with van der Waals surface area (Å²) < 4.78 is 5.42. The van der Waals surface area contributed by atoms with Gasteiger partial charge in [-0.1, -0.05) is 37.3 Å². The van der Waals surface area contributed by atoms with Crippen molar-refractivity contribution in [3.8, 4) is 0 Å². The first-order chi connectivity index (χ1) is 8.63. The number of carbonyl (C=O) groups is 1. The second-order valence-corrected chi connectivity index (χ2v) is 4.00. The van der Waals surface area contributed by atoms with E-state index in [0.29, 0.717) is 13.0 Å². The third-order valence-electron chi connectivity index (χ3n) is 2.46. The molecule has 0 radical (unpaired) electrons. The molecule has 0 aliphatic heterocycles. The minimum absolute atomic E-state index is 0.307. The van der Waals surface area contributed by atoms with Crippen LogP contribution < -0.4 is 10.9 Å². The van der Waals surface area contributed by atoms with Crippen molar-refractivity contribution in [2.24, 2.45) is 0 Å². The average molecular weight is 252 g/mol. The highest BCUT2D eigenvalue weighted by Gasteiger charge is 2.13. The number of ether oxygens (including phenoxy) is 1. The van der Waals surface area contributed by atoms with Gasteiger partial charge in [-0.3, -0.25) is 10.2 Å². The Balaban J connectivity index is 2.27. The second-order valence-electron chi connectivity index (χ2n) is 4.00. The number of benzene rings is 1. The Morgan fingerprint density at radius 1 is 1.39 bits per heavy atom. The van der Waals surface area contributed by atoms with Gasteiger partial charge in [-0.2, -0.15) is 0 Å². The predicted molar refractivity (Wildman–Crippen MR) is 68.3 cm³/mol. The number of rotatable bonds is 7. The third-order valence-corrected chi connectivity index (χ3v) is 2.46. The molecule has 1 aromatic rings. The highest BCUT2D eigenvalue weighted by atomic mass is 16.5. The summed E-state index contributed by atoms with van der Waals surface area (Å²) in [5.41, 5.74) is 5.91. The molecule has 1 aromatic carbocycles. The van der Waals surface area contributed by atoms with E-state index in [2.05, 4.69) is 10.9 Å². The van der Waals surface area contributed by atoms with Crippen LogP contribution in [0.2, 0.25) is 0 Å². The van der Waals surface area contributed by atoms with Crippen LogP contribution in [0, 0.1) is 0 Å². The Morgan fingerprint density at radius 3 is 2.67 bits per heavy atom. The lowest BCUT2D eigenvalue weighted by Crippen LogP contribution is -2.48. The van der Waals surface area contributed by atoms with E-state index in [1.807, 2.05) is 30.3 Å². The average Bonchev–Trinajstić information content (AvgIpc) is 2.42. The minimum atomic E-state index is -0.740. The standard InChI is InChI=1S/C13H20N2O3/c1-3-12(16)14-15-13(17)10(2)18-9-11-7-5-4-6-8-11/h4-8,10,12,14,16H,3,9H2,1-2H3,(H,15,17)/t10-,12?/m0/s1. The summed E-state index contributed by atoms with van der Waals surface area (Å²) in [4.78, 5) is 11.6. The molecule has 100 valence electrons. The summed E-state index contributed by atoms with van der Waals surface area (Å²) in [6.07, 6.45) is -0.809. The Labute approximate surface area is 107 Å². The molecule has 5 heteroatoms. The van der Waals surface area contributed by atoms with Crippen LogP contribution in [0.25, 0.3) is 0 Å². The number of hydrazine groups is 1. The van der Waals surface area contributed by atoms with E-state index < -0.39 is 12.3 Å². The van der Waals surface area contributed by atoms with Gasteiger partial charge in [0.15, 0.2) is 0 Å². The summed E-state index contributed by atoms with van der Waals surface area (Å²) >= 11 is 0. The lowest BCUT2D eigenvalue weighted by atomic mass is 10.2. The van der Waals surface area contributed by atoms with Crippen LogP contribution in [-0.4, -0.2) is 23.3 Å². The van der Waals surface area contributed by atoms with Gasteiger partial charge >= 0.3 is 0 Å². The summed E-state index contributed by atoms with van der Waals surface area (Å²) in [5, 5.41) is 9.23. The van der Waals surface area contributed by atoms with Crippen molar-refractivity contribution >= 4 is 5.91 Å². The van der Waals surface area contributed by atoms with E-state index in [-0.39, 0.29) is 5.91 Å². The Kier molecular flexibility index (Phi) is 6.35. The Morgan fingerprint density at radius 2 is 2.06 bits per heavy atom. The van der Waals surface area contributed by atoms with Crippen LogP contribution in [0.3, 0.4) is 0 Å². The predicted octanol–water partition coefficient (Wildman–Crippen LogP) is 0.941. The first-order valence-electron chi connectivity index (χ1n) is 6.02. The maximum absolute atomic E-state index is 11.6. The van der Waals surface area contributed by atoms with Gasteiger partial charge in [0.25, 0.3) is 5.91 Å². The highest BCUT2D eigenvalue weighted by molar-refractivity contribution is 5.79. The molecular weight excluding hydrogens is 232 g/mol. The number of hydrogen-bond donors (Lipinski definition) is 3. The van der Waals surface area contributed by atoms with Crippen molar-refractivity contribution < 1.29 is 14.6 Å². The number of amides is 1. The number of aliphatic hydroxyl groups is 1. The molecule has 0 spiro atoms. The van der Waals surface area contributed by atoms with Gasteiger partial charge in [0.1, 0.15) is 12.3 Å². The van der Waals surface area contributed by atoms with Gasteiger partial charge in [-0.25, -0.2) is 5.43 Å². The molecule has 1 rings (SSSR count). The number of hydrogen-bond acceptors (Lipinski definition) is 4. The molecule has 18 heavy (non-hydrogen) atoms. The van der Waals surface area contributed by atoms with E-state index in [1.165, 1.54) is 0 Å². The van der Waals surface area contributed by atoms with Crippen molar-refractivity contribution in [2.75, 3.05) is 0 Å². The number of aliphatic hydroxyl groups excluding tert-OH is 1. The van der Waals surface area contributed by atoms with E-state index in [9.17, 15) is 9.90 Å². The Hall–Kier alpha value is -1.43. The second kappa shape index (κ2) is 7.81. The first-order valence-corrected chi connectivity index (χ1v) is 6.02. The monoisotopic (exact) mass is 252 g/mol. The molecule has 0 aromatic heterocycles. The molecule has 0 saturated carbocycles. The topological polar surface area (TPSA) is 70.6 Å². The van der Waals surface area contributed by atoms with Crippen molar-refractivity contribution in [2.45, 2.75) is 39.2 Å². The quantitative estimate of drug-likeness (QED) is 0.499. The molecule has 1 unspecified atom stereocenters. The smallest absolute Gasteiger partial charge is 0.262 e. The molecule has 0 bridgehead atoms. The van der Waals surface area contributed by atoms with Crippen molar-refractivity contribution in [1.82, 2.24) is 10.9 Å². The van der Waals surface area contributed by atoms with Gasteiger partial charge in [0.05, 0.1) is 6.61 Å². The van der Waals surface area contributed by atoms with Gasteiger partial charge < -0.3 is 9.84 Å². The van der Waals surface area contributed by atoms with Crippen molar-refractivity contribution in [3.05, 3.63) is 35.9 Å².